The molecule has 3 aliphatic rings. The standard InChI is InChI=1S/C24H26Cl2F3N3O2/c1-13-10-15(24(27,28)29)12-32-14(2)20(30-22(13)32)11-18-19(25)5-4-17(21(18)26)23(33)31-8-6-16(34-3)7-9-31/h4-5,10,12,16,22,30H,6-9,11H2,1-3H3. The van der Waals surface area contributed by atoms with Crippen molar-refractivity contribution in [3.05, 3.63) is 68.1 Å². The number of fused-ring (bicyclic) bond motifs is 1. The molecule has 1 aromatic rings. The molecule has 0 spiro atoms. The zero-order valence-electron chi connectivity index (χ0n) is 19.1. The number of likely N-dealkylation sites (tertiary alicyclic amines) is 1. The summed E-state index contributed by atoms with van der Waals surface area (Å²) >= 11 is 13.1. The second-order valence-electron chi connectivity index (χ2n) is 8.78. The third kappa shape index (κ3) is 4.68. The van der Waals surface area contributed by atoms with Crippen LogP contribution in [0.2, 0.25) is 10.0 Å². The van der Waals surface area contributed by atoms with Crippen LogP contribution in [0.15, 0.2) is 46.9 Å². The Morgan fingerprint density at radius 1 is 1.21 bits per heavy atom. The van der Waals surface area contributed by atoms with Crippen molar-refractivity contribution in [2.75, 3.05) is 20.2 Å². The van der Waals surface area contributed by atoms with Gasteiger partial charge in [-0.15, -0.1) is 0 Å². The molecule has 0 aromatic heterocycles. The summed E-state index contributed by atoms with van der Waals surface area (Å²) in [6.45, 7) is 4.56. The van der Waals surface area contributed by atoms with Crippen LogP contribution < -0.4 is 5.32 Å². The van der Waals surface area contributed by atoms with Gasteiger partial charge in [0.25, 0.3) is 5.91 Å². The Balaban J connectivity index is 1.59. The summed E-state index contributed by atoms with van der Waals surface area (Å²) in [4.78, 5) is 16.5. The highest BCUT2D eigenvalue weighted by molar-refractivity contribution is 6.38. The second-order valence-corrected chi connectivity index (χ2v) is 9.57. The third-order valence-electron chi connectivity index (χ3n) is 6.67. The highest BCUT2D eigenvalue weighted by atomic mass is 35.5. The Morgan fingerprint density at radius 2 is 1.88 bits per heavy atom. The quantitative estimate of drug-likeness (QED) is 0.562. The molecule has 0 bridgehead atoms. The first-order chi connectivity index (χ1) is 16.0. The van der Waals surface area contributed by atoms with E-state index in [1.165, 1.54) is 0 Å². The first kappa shape index (κ1) is 24.9. The van der Waals surface area contributed by atoms with Gasteiger partial charge in [-0.2, -0.15) is 13.2 Å². The zero-order valence-corrected chi connectivity index (χ0v) is 20.6. The van der Waals surface area contributed by atoms with Crippen LogP contribution in [0.5, 0.6) is 0 Å². The molecule has 1 unspecified atom stereocenters. The van der Waals surface area contributed by atoms with E-state index in [-0.39, 0.29) is 23.5 Å². The number of alkyl halides is 3. The lowest BCUT2D eigenvalue weighted by atomic mass is 10.0. The number of hydrogen-bond acceptors (Lipinski definition) is 4. The van der Waals surface area contributed by atoms with E-state index in [0.717, 1.165) is 25.1 Å². The number of ether oxygens (including phenoxy) is 1. The van der Waals surface area contributed by atoms with Crippen LogP contribution in [0.25, 0.3) is 0 Å². The number of nitrogens with one attached hydrogen (secondary N) is 1. The molecule has 0 radical (unpaired) electrons. The molecule has 1 aromatic carbocycles. The largest absolute Gasteiger partial charge is 0.417 e. The molecule has 1 N–H and O–H groups in total. The lowest BCUT2D eigenvalue weighted by molar-refractivity contribution is -0.0897. The smallest absolute Gasteiger partial charge is 0.381 e. The molecule has 34 heavy (non-hydrogen) atoms. The lowest BCUT2D eigenvalue weighted by Gasteiger charge is -2.31. The van der Waals surface area contributed by atoms with Crippen LogP contribution in [-0.4, -0.2) is 54.4 Å². The zero-order chi connectivity index (χ0) is 24.8. The van der Waals surface area contributed by atoms with Gasteiger partial charge in [0.05, 0.1) is 22.3 Å². The van der Waals surface area contributed by atoms with Gasteiger partial charge >= 0.3 is 6.18 Å². The van der Waals surface area contributed by atoms with Crippen molar-refractivity contribution >= 4 is 29.1 Å². The first-order valence-corrected chi connectivity index (χ1v) is 11.8. The van der Waals surface area contributed by atoms with Gasteiger partial charge < -0.3 is 19.9 Å². The normalized spacial score (nSPS) is 21.4. The van der Waals surface area contributed by atoms with E-state index < -0.39 is 17.9 Å². The topological polar surface area (TPSA) is 44.8 Å². The molecule has 3 heterocycles. The third-order valence-corrected chi connectivity index (χ3v) is 7.45. The van der Waals surface area contributed by atoms with Gasteiger partial charge in [0.15, 0.2) is 0 Å². The summed E-state index contributed by atoms with van der Waals surface area (Å²) < 4.78 is 45.3. The van der Waals surface area contributed by atoms with Gasteiger partial charge in [-0.1, -0.05) is 23.2 Å². The monoisotopic (exact) mass is 515 g/mol. The highest BCUT2D eigenvalue weighted by Gasteiger charge is 2.39. The summed E-state index contributed by atoms with van der Waals surface area (Å²) in [5.41, 5.74) is 2.11. The van der Waals surface area contributed by atoms with E-state index in [4.69, 9.17) is 27.9 Å². The molecular formula is C24H26Cl2F3N3O2. The number of piperidine rings is 1. The number of rotatable bonds is 4. The number of hydrogen-bond donors (Lipinski definition) is 1. The molecule has 0 aliphatic carbocycles. The van der Waals surface area contributed by atoms with Crippen molar-refractivity contribution < 1.29 is 22.7 Å². The fourth-order valence-electron chi connectivity index (χ4n) is 4.60. The van der Waals surface area contributed by atoms with Gasteiger partial charge in [0.2, 0.25) is 0 Å². The minimum absolute atomic E-state index is 0.145. The maximum absolute atomic E-state index is 13.3. The van der Waals surface area contributed by atoms with Crippen molar-refractivity contribution in [1.82, 2.24) is 15.1 Å². The van der Waals surface area contributed by atoms with Gasteiger partial charge in [-0.05, 0) is 56.0 Å². The van der Waals surface area contributed by atoms with E-state index in [2.05, 4.69) is 5.32 Å². The summed E-state index contributed by atoms with van der Waals surface area (Å²) in [7, 11) is 1.67. The lowest BCUT2D eigenvalue weighted by Crippen LogP contribution is -2.40. The number of benzene rings is 1. The van der Waals surface area contributed by atoms with Crippen LogP contribution >= 0.6 is 23.2 Å². The van der Waals surface area contributed by atoms with E-state index in [1.54, 1.807) is 42.9 Å². The average Bonchev–Trinajstić information content (AvgIpc) is 3.12. The molecule has 1 fully saturated rings. The van der Waals surface area contributed by atoms with Crippen molar-refractivity contribution in [2.45, 2.75) is 51.6 Å². The molecule has 1 amide bonds. The fourth-order valence-corrected chi connectivity index (χ4v) is 5.19. The molecule has 10 heteroatoms. The molecule has 1 saturated heterocycles. The van der Waals surface area contributed by atoms with Crippen LogP contribution in [0.4, 0.5) is 13.2 Å². The Morgan fingerprint density at radius 3 is 2.50 bits per heavy atom. The molecule has 1 atom stereocenters. The van der Waals surface area contributed by atoms with Gasteiger partial charge in [0.1, 0.15) is 6.17 Å². The molecule has 4 rings (SSSR count). The molecule has 184 valence electrons. The van der Waals surface area contributed by atoms with Crippen LogP contribution in [-0.2, 0) is 11.2 Å². The van der Waals surface area contributed by atoms with Gasteiger partial charge in [0, 0.05) is 49.2 Å². The van der Waals surface area contributed by atoms with E-state index >= 15 is 0 Å². The Kier molecular flexibility index (Phi) is 6.95. The highest BCUT2D eigenvalue weighted by Crippen LogP contribution is 2.38. The van der Waals surface area contributed by atoms with E-state index in [9.17, 15) is 18.0 Å². The average molecular weight is 516 g/mol. The predicted octanol–water partition coefficient (Wildman–Crippen LogP) is 5.66. The molecular weight excluding hydrogens is 490 g/mol. The molecule has 5 nitrogen and oxygen atoms in total. The van der Waals surface area contributed by atoms with Crippen LogP contribution in [0.3, 0.4) is 0 Å². The maximum atomic E-state index is 13.3. The summed E-state index contributed by atoms with van der Waals surface area (Å²) in [6, 6.07) is 3.26. The summed E-state index contributed by atoms with van der Waals surface area (Å²) in [5, 5.41) is 3.94. The number of methoxy groups -OCH3 is 1. The number of nitrogens with zero attached hydrogens (tertiary/aromatic N) is 2. The Hall–Kier alpha value is -2.16. The maximum Gasteiger partial charge on any atom is 0.417 e. The van der Waals surface area contributed by atoms with Crippen molar-refractivity contribution in [3.63, 3.8) is 0 Å². The Labute approximate surface area is 206 Å². The van der Waals surface area contributed by atoms with Crippen molar-refractivity contribution in [3.8, 4) is 0 Å². The summed E-state index contributed by atoms with van der Waals surface area (Å²) in [5.74, 6) is -0.170. The SMILES string of the molecule is COC1CCN(C(=O)c2ccc(Cl)c(CC3=C(C)N4C=C(C(F)(F)F)C=C(C)C4N3)c2Cl)CC1. The van der Waals surface area contributed by atoms with E-state index in [0.29, 0.717) is 46.2 Å². The van der Waals surface area contributed by atoms with Gasteiger partial charge in [-0.25, -0.2) is 0 Å². The van der Waals surface area contributed by atoms with Crippen LogP contribution in [0, 0.1) is 0 Å². The number of amides is 1. The summed E-state index contributed by atoms with van der Waals surface area (Å²) in [6.07, 6.45) is -0.671. The number of carbonyl (C=O) groups is 1. The number of allylic oxidation sites excluding steroid dienone is 4. The minimum atomic E-state index is -4.44. The molecule has 0 saturated carbocycles. The molecule has 3 aliphatic heterocycles. The predicted molar refractivity (Wildman–Crippen MR) is 125 cm³/mol. The van der Waals surface area contributed by atoms with Crippen molar-refractivity contribution in [1.29, 1.82) is 0 Å². The number of halogens is 5. The minimum Gasteiger partial charge on any atom is -0.381 e. The fraction of sp³-hybridized carbons (Fsp3) is 0.458. The van der Waals surface area contributed by atoms with Gasteiger partial charge in [-0.3, -0.25) is 4.79 Å². The number of carbonyl (C=O) groups excluding carboxylic acids is 1. The first-order valence-electron chi connectivity index (χ1n) is 11.0. The van der Waals surface area contributed by atoms with Crippen molar-refractivity contribution in [2.24, 2.45) is 0 Å². The second kappa shape index (κ2) is 9.47. The Bertz CT molecular complexity index is 1090. The van der Waals surface area contributed by atoms with E-state index in [1.807, 2.05) is 0 Å². The van der Waals surface area contributed by atoms with Crippen LogP contribution in [0.1, 0.15) is 42.6 Å².